The zero-order chi connectivity index (χ0) is 25.1. The Morgan fingerprint density at radius 2 is 0.848 bits per heavy atom. The summed E-state index contributed by atoms with van der Waals surface area (Å²) in [5, 5.41) is 0. The van der Waals surface area contributed by atoms with Gasteiger partial charge in [0.2, 0.25) is 0 Å². The molecule has 0 unspecified atom stereocenters. The number of hydrogen-bond donors (Lipinski definition) is 0. The van der Waals surface area contributed by atoms with E-state index in [0.29, 0.717) is 13.2 Å². The summed E-state index contributed by atoms with van der Waals surface area (Å²) in [7, 11) is 0. The van der Waals surface area contributed by atoms with Gasteiger partial charge >= 0.3 is 0 Å². The van der Waals surface area contributed by atoms with E-state index >= 15 is 0 Å². The number of rotatable bonds is 6. The van der Waals surface area contributed by atoms with E-state index in [1.54, 1.807) is 0 Å². The first-order chi connectivity index (χ1) is 15.1. The molecule has 0 spiro atoms. The normalized spacial score (nSPS) is 13.6. The molecule has 0 aromatic heterocycles. The maximum absolute atomic E-state index is 6.30. The lowest BCUT2D eigenvalue weighted by molar-refractivity contribution is 0.202. The summed E-state index contributed by atoms with van der Waals surface area (Å²) in [6, 6.07) is 8.79. The number of aryl methyl sites for hydroxylation is 6. The van der Waals surface area contributed by atoms with Crippen LogP contribution in [0.3, 0.4) is 0 Å². The first-order valence-corrected chi connectivity index (χ1v) is 12.0. The highest BCUT2D eigenvalue weighted by atomic mass is 16.5. The van der Waals surface area contributed by atoms with Crippen LogP contribution < -0.4 is 0 Å². The quantitative estimate of drug-likeness (QED) is 0.408. The Balaban J connectivity index is 2.34. The van der Waals surface area contributed by atoms with Gasteiger partial charge in [0.25, 0.3) is 0 Å². The Bertz CT molecular complexity index is 928. The third-order valence-corrected chi connectivity index (χ3v) is 5.97. The highest BCUT2D eigenvalue weighted by Crippen LogP contribution is 2.30. The first kappa shape index (κ1) is 27.0. The van der Waals surface area contributed by atoms with Crippen LogP contribution in [0.4, 0.5) is 11.4 Å². The van der Waals surface area contributed by atoms with Gasteiger partial charge in [0.05, 0.1) is 24.6 Å². The molecule has 2 aromatic rings. The van der Waals surface area contributed by atoms with E-state index in [2.05, 4.69) is 107 Å². The van der Waals surface area contributed by atoms with Crippen molar-refractivity contribution in [2.45, 2.75) is 83.1 Å². The summed E-state index contributed by atoms with van der Waals surface area (Å²) in [5.74, 6) is 0. The van der Waals surface area contributed by atoms with Gasteiger partial charge in [0.15, 0.2) is 0 Å². The summed E-state index contributed by atoms with van der Waals surface area (Å²) in [6.07, 6.45) is 0. The third kappa shape index (κ3) is 7.37. The lowest BCUT2D eigenvalue weighted by Crippen LogP contribution is -2.30. The molecule has 0 saturated carbocycles. The Hall–Kier alpha value is -2.26. The van der Waals surface area contributed by atoms with Crippen LogP contribution in [0.2, 0.25) is 0 Å². The third-order valence-electron chi connectivity index (χ3n) is 5.97. The Kier molecular flexibility index (Phi) is 8.46. The van der Waals surface area contributed by atoms with Crippen LogP contribution in [0.15, 0.2) is 34.3 Å². The van der Waals surface area contributed by atoms with Crippen LogP contribution >= 0.6 is 0 Å². The van der Waals surface area contributed by atoms with Crippen molar-refractivity contribution in [3.05, 3.63) is 57.6 Å². The Labute approximate surface area is 202 Å². The van der Waals surface area contributed by atoms with Gasteiger partial charge < -0.3 is 4.74 Å². The van der Waals surface area contributed by atoms with E-state index in [1.165, 1.54) is 33.4 Å². The zero-order valence-electron chi connectivity index (χ0n) is 23.0. The lowest BCUT2D eigenvalue weighted by Gasteiger charge is -2.25. The summed E-state index contributed by atoms with van der Waals surface area (Å²) >= 11 is 0. The molecule has 33 heavy (non-hydrogen) atoms. The van der Waals surface area contributed by atoms with Gasteiger partial charge in [-0.3, -0.25) is 9.98 Å². The molecule has 0 aliphatic carbocycles. The van der Waals surface area contributed by atoms with E-state index < -0.39 is 0 Å². The maximum Gasteiger partial charge on any atom is 0.0859 e. The van der Waals surface area contributed by atoms with Crippen LogP contribution in [-0.2, 0) is 4.74 Å². The monoisotopic (exact) mass is 448 g/mol. The van der Waals surface area contributed by atoms with Crippen LogP contribution in [0.25, 0.3) is 0 Å². The van der Waals surface area contributed by atoms with Gasteiger partial charge in [-0.25, -0.2) is 0 Å². The van der Waals surface area contributed by atoms with Crippen molar-refractivity contribution in [3.63, 3.8) is 0 Å². The first-order valence-electron chi connectivity index (χ1n) is 12.0. The molecular weight excluding hydrogens is 404 g/mol. The smallest absolute Gasteiger partial charge is 0.0859 e. The van der Waals surface area contributed by atoms with E-state index in [-0.39, 0.29) is 10.8 Å². The molecular formula is C30H44N2O. The number of benzene rings is 2. The largest absolute Gasteiger partial charge is 0.370 e. The molecule has 180 valence electrons. The molecule has 3 heteroatoms. The molecule has 0 saturated heterocycles. The minimum Gasteiger partial charge on any atom is -0.370 e. The average molecular weight is 449 g/mol. The molecule has 0 N–H and O–H groups in total. The predicted octanol–water partition coefficient (Wildman–Crippen LogP) is 8.49. The van der Waals surface area contributed by atoms with Crippen molar-refractivity contribution in [1.82, 2.24) is 0 Å². The van der Waals surface area contributed by atoms with Crippen molar-refractivity contribution >= 4 is 22.8 Å². The highest BCUT2D eigenvalue weighted by molar-refractivity contribution is 5.95. The van der Waals surface area contributed by atoms with Gasteiger partial charge in [-0.1, -0.05) is 76.9 Å². The minimum absolute atomic E-state index is 0.0903. The molecule has 0 amide bonds. The standard InChI is InChI=1S/C30H44N2O/c1-19-13-21(3)27(22(4)14-19)31-25(29(7,8)9)17-33-18-26(30(10,11)12)32-28-23(5)15-20(2)16-24(28)6/h13-16H,17-18H2,1-12H3. The van der Waals surface area contributed by atoms with Gasteiger partial charge in [-0.15, -0.1) is 0 Å². The highest BCUT2D eigenvalue weighted by Gasteiger charge is 2.23. The van der Waals surface area contributed by atoms with E-state index in [9.17, 15) is 0 Å². The summed E-state index contributed by atoms with van der Waals surface area (Å²) < 4.78 is 6.30. The van der Waals surface area contributed by atoms with Crippen molar-refractivity contribution < 1.29 is 4.74 Å². The van der Waals surface area contributed by atoms with Gasteiger partial charge in [-0.2, -0.15) is 0 Å². The van der Waals surface area contributed by atoms with Gasteiger partial charge in [0, 0.05) is 22.3 Å². The predicted molar refractivity (Wildman–Crippen MR) is 145 cm³/mol. The zero-order valence-corrected chi connectivity index (χ0v) is 23.0. The molecule has 3 nitrogen and oxygen atoms in total. The molecule has 0 atom stereocenters. The maximum atomic E-state index is 6.30. The number of ether oxygens (including phenoxy) is 1. The summed E-state index contributed by atoms with van der Waals surface area (Å²) in [4.78, 5) is 10.2. The molecule has 2 rings (SSSR count). The second-order valence-corrected chi connectivity index (χ2v) is 11.6. The van der Waals surface area contributed by atoms with Crippen molar-refractivity contribution in [2.75, 3.05) is 13.2 Å². The van der Waals surface area contributed by atoms with Crippen molar-refractivity contribution in [1.29, 1.82) is 0 Å². The fourth-order valence-corrected chi connectivity index (χ4v) is 4.04. The average Bonchev–Trinajstić information content (AvgIpc) is 2.61. The Morgan fingerprint density at radius 1 is 0.576 bits per heavy atom. The van der Waals surface area contributed by atoms with Crippen LogP contribution in [-0.4, -0.2) is 24.6 Å². The number of hydrogen-bond acceptors (Lipinski definition) is 3. The molecule has 0 radical (unpaired) electrons. The lowest BCUT2D eigenvalue weighted by atomic mass is 9.89. The minimum atomic E-state index is -0.0903. The van der Waals surface area contributed by atoms with Crippen LogP contribution in [0.1, 0.15) is 74.9 Å². The summed E-state index contributed by atoms with van der Waals surface area (Å²) in [5.41, 5.74) is 11.4. The summed E-state index contributed by atoms with van der Waals surface area (Å²) in [6.45, 7) is 27.0. The van der Waals surface area contributed by atoms with Crippen molar-refractivity contribution in [2.24, 2.45) is 20.8 Å². The van der Waals surface area contributed by atoms with Gasteiger partial charge in [0.1, 0.15) is 0 Å². The molecule has 0 aliphatic heterocycles. The fourth-order valence-electron chi connectivity index (χ4n) is 4.04. The van der Waals surface area contributed by atoms with E-state index in [4.69, 9.17) is 14.7 Å². The van der Waals surface area contributed by atoms with E-state index in [0.717, 1.165) is 22.8 Å². The second-order valence-electron chi connectivity index (χ2n) is 11.6. The molecule has 0 fully saturated rings. The molecule has 0 heterocycles. The molecule has 2 aromatic carbocycles. The fraction of sp³-hybridized carbons (Fsp3) is 0.533. The van der Waals surface area contributed by atoms with Crippen molar-refractivity contribution in [3.8, 4) is 0 Å². The number of nitrogens with zero attached hydrogens (tertiary/aromatic N) is 2. The SMILES string of the molecule is Cc1cc(C)c(N=C(COCC(=Nc2c(C)cc(C)cc2C)C(C)(C)C)C(C)(C)C)c(C)c1. The Morgan fingerprint density at radius 3 is 1.09 bits per heavy atom. The van der Waals surface area contributed by atoms with Crippen LogP contribution in [0.5, 0.6) is 0 Å². The topological polar surface area (TPSA) is 34.0 Å². The second kappa shape index (κ2) is 10.3. The number of aliphatic imine (C=N–C) groups is 2. The van der Waals surface area contributed by atoms with E-state index in [1.807, 2.05) is 0 Å². The van der Waals surface area contributed by atoms with Crippen LogP contribution in [0, 0.1) is 52.4 Å². The molecule has 0 aliphatic rings. The van der Waals surface area contributed by atoms with Gasteiger partial charge in [-0.05, 0) is 63.8 Å². The molecule has 0 bridgehead atoms.